The lowest BCUT2D eigenvalue weighted by Gasteiger charge is -2.34. The molecule has 3 amide bonds. The highest BCUT2D eigenvalue weighted by molar-refractivity contribution is 6.30. The van der Waals surface area contributed by atoms with Crippen LogP contribution in [0.4, 0.5) is 10.5 Å². The molecule has 3 rings (SSSR count). The van der Waals surface area contributed by atoms with E-state index in [4.69, 9.17) is 16.3 Å². The lowest BCUT2D eigenvalue weighted by atomic mass is 10.1. The van der Waals surface area contributed by atoms with Gasteiger partial charge in [0.1, 0.15) is 5.75 Å². The number of rotatable bonds is 3. The van der Waals surface area contributed by atoms with E-state index in [2.05, 4.69) is 5.32 Å². The number of benzene rings is 2. The molecule has 0 spiro atoms. The summed E-state index contributed by atoms with van der Waals surface area (Å²) in [5.74, 6) is 0.673. The Morgan fingerprint density at radius 1 is 1.00 bits per heavy atom. The van der Waals surface area contributed by atoms with Crippen LogP contribution in [0.5, 0.6) is 5.75 Å². The molecule has 6 nitrogen and oxygen atoms in total. The molecule has 7 heteroatoms. The number of ether oxygens (including phenoxy) is 1. The molecule has 1 fully saturated rings. The van der Waals surface area contributed by atoms with Gasteiger partial charge in [-0.05, 0) is 42.5 Å². The smallest absolute Gasteiger partial charge is 0.321 e. The molecule has 1 aliphatic rings. The van der Waals surface area contributed by atoms with Crippen LogP contribution in [0.2, 0.25) is 5.02 Å². The van der Waals surface area contributed by atoms with Gasteiger partial charge in [-0.3, -0.25) is 4.79 Å². The van der Waals surface area contributed by atoms with Crippen molar-refractivity contribution in [2.75, 3.05) is 38.6 Å². The predicted octanol–water partition coefficient (Wildman–Crippen LogP) is 3.34. The minimum absolute atomic E-state index is 0.0393. The molecule has 1 heterocycles. The first-order valence-corrected chi connectivity index (χ1v) is 8.69. The third-order valence-electron chi connectivity index (χ3n) is 4.27. The lowest BCUT2D eigenvalue weighted by molar-refractivity contribution is 0.0671. The maximum atomic E-state index is 12.6. The van der Waals surface area contributed by atoms with E-state index in [1.54, 1.807) is 65.4 Å². The van der Waals surface area contributed by atoms with Gasteiger partial charge in [0.05, 0.1) is 7.11 Å². The van der Waals surface area contributed by atoms with Gasteiger partial charge in [0, 0.05) is 42.5 Å². The van der Waals surface area contributed by atoms with Gasteiger partial charge >= 0.3 is 6.03 Å². The normalized spacial score (nSPS) is 14.1. The van der Waals surface area contributed by atoms with Gasteiger partial charge in [0.2, 0.25) is 0 Å². The fourth-order valence-electron chi connectivity index (χ4n) is 2.80. The van der Waals surface area contributed by atoms with Gasteiger partial charge in [-0.2, -0.15) is 0 Å². The molecule has 0 unspecified atom stereocenters. The number of carbonyl (C=O) groups excluding carboxylic acids is 2. The second-order valence-electron chi connectivity index (χ2n) is 5.95. The van der Waals surface area contributed by atoms with E-state index >= 15 is 0 Å². The Balaban J connectivity index is 1.54. The van der Waals surface area contributed by atoms with Gasteiger partial charge in [-0.1, -0.05) is 17.7 Å². The second-order valence-corrected chi connectivity index (χ2v) is 6.38. The molecule has 0 aromatic heterocycles. The number of amides is 3. The summed E-state index contributed by atoms with van der Waals surface area (Å²) in [6.45, 7) is 1.95. The molecular formula is C19H20ClN3O3. The number of carbonyl (C=O) groups is 2. The SMILES string of the molecule is COc1ccc(C(=O)N2CCN(C(=O)Nc3cccc(Cl)c3)CC2)cc1. The zero-order chi connectivity index (χ0) is 18.5. The van der Waals surface area contributed by atoms with Crippen LogP contribution in [0.25, 0.3) is 0 Å². The Morgan fingerprint density at radius 3 is 2.27 bits per heavy atom. The van der Waals surface area contributed by atoms with E-state index in [9.17, 15) is 9.59 Å². The van der Waals surface area contributed by atoms with Crippen molar-refractivity contribution in [3.63, 3.8) is 0 Å². The highest BCUT2D eigenvalue weighted by Crippen LogP contribution is 2.17. The van der Waals surface area contributed by atoms with Crippen molar-refractivity contribution < 1.29 is 14.3 Å². The van der Waals surface area contributed by atoms with Crippen LogP contribution in [-0.2, 0) is 0 Å². The maximum absolute atomic E-state index is 12.6. The lowest BCUT2D eigenvalue weighted by Crippen LogP contribution is -2.51. The first kappa shape index (κ1) is 18.1. The van der Waals surface area contributed by atoms with Crippen LogP contribution in [0.15, 0.2) is 48.5 Å². The molecule has 26 heavy (non-hydrogen) atoms. The van der Waals surface area contributed by atoms with E-state index in [0.29, 0.717) is 48.2 Å². The van der Waals surface area contributed by atoms with Crippen molar-refractivity contribution in [2.24, 2.45) is 0 Å². The molecule has 0 bridgehead atoms. The third kappa shape index (κ3) is 4.26. The fourth-order valence-corrected chi connectivity index (χ4v) is 2.99. The van der Waals surface area contributed by atoms with Crippen molar-refractivity contribution >= 4 is 29.2 Å². The number of hydrogen-bond acceptors (Lipinski definition) is 3. The van der Waals surface area contributed by atoms with Gasteiger partial charge in [-0.25, -0.2) is 4.79 Å². The number of halogens is 1. The molecule has 1 N–H and O–H groups in total. The highest BCUT2D eigenvalue weighted by Gasteiger charge is 2.25. The largest absolute Gasteiger partial charge is 0.497 e. The van der Waals surface area contributed by atoms with E-state index in [1.165, 1.54) is 0 Å². The Labute approximate surface area is 157 Å². The van der Waals surface area contributed by atoms with E-state index < -0.39 is 0 Å². The Morgan fingerprint density at radius 2 is 1.65 bits per heavy atom. The zero-order valence-electron chi connectivity index (χ0n) is 14.4. The van der Waals surface area contributed by atoms with E-state index in [1.807, 2.05) is 0 Å². The van der Waals surface area contributed by atoms with Crippen LogP contribution < -0.4 is 10.1 Å². The van der Waals surface area contributed by atoms with Crippen molar-refractivity contribution in [3.8, 4) is 5.75 Å². The standard InChI is InChI=1S/C19H20ClN3O3/c1-26-17-7-5-14(6-8-17)18(24)22-9-11-23(12-10-22)19(25)21-16-4-2-3-15(20)13-16/h2-8,13H,9-12H2,1H3,(H,21,25). The second kappa shape index (κ2) is 8.10. The first-order chi connectivity index (χ1) is 12.6. The summed E-state index contributed by atoms with van der Waals surface area (Å²) in [7, 11) is 1.59. The van der Waals surface area contributed by atoms with Gasteiger partial charge in [0.25, 0.3) is 5.91 Å². The number of anilines is 1. The molecule has 1 saturated heterocycles. The van der Waals surface area contributed by atoms with Crippen LogP contribution in [0, 0.1) is 0 Å². The summed E-state index contributed by atoms with van der Waals surface area (Å²) in [6.07, 6.45) is 0. The number of nitrogens with zero attached hydrogens (tertiary/aromatic N) is 2. The Hall–Kier alpha value is -2.73. The summed E-state index contributed by atoms with van der Waals surface area (Å²) in [5, 5.41) is 3.39. The van der Waals surface area contributed by atoms with Gasteiger partial charge in [-0.15, -0.1) is 0 Å². The van der Waals surface area contributed by atoms with Crippen LogP contribution in [-0.4, -0.2) is 55.0 Å². The molecule has 2 aromatic carbocycles. The number of urea groups is 1. The summed E-state index contributed by atoms with van der Waals surface area (Å²) in [5.41, 5.74) is 1.27. The summed E-state index contributed by atoms with van der Waals surface area (Å²) in [4.78, 5) is 28.4. The molecule has 0 aliphatic carbocycles. The van der Waals surface area contributed by atoms with Crippen molar-refractivity contribution in [2.45, 2.75) is 0 Å². The quantitative estimate of drug-likeness (QED) is 0.897. The summed E-state index contributed by atoms with van der Waals surface area (Å²) in [6, 6.07) is 13.9. The summed E-state index contributed by atoms with van der Waals surface area (Å²) >= 11 is 5.93. The molecule has 1 aliphatic heterocycles. The Bertz CT molecular complexity index is 787. The number of methoxy groups -OCH3 is 1. The number of hydrogen-bond donors (Lipinski definition) is 1. The minimum Gasteiger partial charge on any atom is -0.497 e. The average Bonchev–Trinajstić information content (AvgIpc) is 2.67. The van der Waals surface area contributed by atoms with Crippen LogP contribution in [0.3, 0.4) is 0 Å². The molecule has 0 saturated carbocycles. The molecule has 2 aromatic rings. The van der Waals surface area contributed by atoms with Crippen molar-refractivity contribution in [1.82, 2.24) is 9.80 Å². The first-order valence-electron chi connectivity index (χ1n) is 8.31. The zero-order valence-corrected chi connectivity index (χ0v) is 15.2. The Kier molecular flexibility index (Phi) is 5.63. The number of nitrogens with one attached hydrogen (secondary N) is 1. The molecule has 0 atom stereocenters. The van der Waals surface area contributed by atoms with E-state index in [-0.39, 0.29) is 11.9 Å². The van der Waals surface area contributed by atoms with Crippen LogP contribution >= 0.6 is 11.6 Å². The predicted molar refractivity (Wildman–Crippen MR) is 101 cm³/mol. The molecular weight excluding hydrogens is 354 g/mol. The molecule has 136 valence electrons. The van der Waals surface area contributed by atoms with Crippen LogP contribution in [0.1, 0.15) is 10.4 Å². The average molecular weight is 374 g/mol. The maximum Gasteiger partial charge on any atom is 0.321 e. The van der Waals surface area contributed by atoms with Crippen molar-refractivity contribution in [1.29, 1.82) is 0 Å². The van der Waals surface area contributed by atoms with E-state index in [0.717, 1.165) is 0 Å². The molecule has 0 radical (unpaired) electrons. The minimum atomic E-state index is -0.191. The highest BCUT2D eigenvalue weighted by atomic mass is 35.5. The van der Waals surface area contributed by atoms with Gasteiger partial charge in [0.15, 0.2) is 0 Å². The topological polar surface area (TPSA) is 61.9 Å². The number of piperazine rings is 1. The monoisotopic (exact) mass is 373 g/mol. The van der Waals surface area contributed by atoms with Gasteiger partial charge < -0.3 is 19.9 Å². The third-order valence-corrected chi connectivity index (χ3v) is 4.50. The summed E-state index contributed by atoms with van der Waals surface area (Å²) < 4.78 is 5.11. The fraction of sp³-hybridized carbons (Fsp3) is 0.263. The van der Waals surface area contributed by atoms with Crippen molar-refractivity contribution in [3.05, 3.63) is 59.1 Å².